The zero-order valence-corrected chi connectivity index (χ0v) is 11.0. The molecule has 2 heterocycles. The smallest absolute Gasteiger partial charge is 0.246 e. The molecular formula is C15H16N2O2. The number of benzene rings is 1. The molecular weight excluding hydrogens is 240 g/mol. The highest BCUT2D eigenvalue weighted by Crippen LogP contribution is 2.40. The van der Waals surface area contributed by atoms with Crippen molar-refractivity contribution in [3.63, 3.8) is 0 Å². The summed E-state index contributed by atoms with van der Waals surface area (Å²) in [6.45, 7) is 4.56. The number of rotatable bonds is 3. The highest BCUT2D eigenvalue weighted by molar-refractivity contribution is 5.56. The molecule has 1 aliphatic rings. The molecule has 0 spiro atoms. The lowest BCUT2D eigenvalue weighted by Crippen LogP contribution is -2.29. The van der Waals surface area contributed by atoms with Crippen LogP contribution in [0.15, 0.2) is 42.7 Å². The lowest BCUT2D eigenvalue weighted by Gasteiger charge is -2.16. The monoisotopic (exact) mass is 256 g/mol. The van der Waals surface area contributed by atoms with E-state index in [-0.39, 0.29) is 0 Å². The van der Waals surface area contributed by atoms with Gasteiger partial charge in [-0.3, -0.25) is 4.98 Å². The molecule has 1 aromatic heterocycles. The summed E-state index contributed by atoms with van der Waals surface area (Å²) in [5, 5.41) is 3.35. The molecule has 0 saturated carbocycles. The normalized spacial score (nSPS) is 15.3. The van der Waals surface area contributed by atoms with E-state index in [1.165, 1.54) is 5.56 Å². The van der Waals surface area contributed by atoms with Gasteiger partial charge in [0.2, 0.25) is 5.79 Å². The fourth-order valence-corrected chi connectivity index (χ4v) is 2.04. The molecule has 0 aliphatic carbocycles. The van der Waals surface area contributed by atoms with E-state index in [1.807, 2.05) is 44.2 Å². The van der Waals surface area contributed by atoms with Crippen molar-refractivity contribution in [2.24, 2.45) is 0 Å². The van der Waals surface area contributed by atoms with Crippen molar-refractivity contribution in [2.45, 2.75) is 26.2 Å². The summed E-state index contributed by atoms with van der Waals surface area (Å²) in [7, 11) is 0. The van der Waals surface area contributed by atoms with Crippen molar-refractivity contribution < 1.29 is 9.47 Å². The van der Waals surface area contributed by atoms with E-state index in [9.17, 15) is 0 Å². The van der Waals surface area contributed by atoms with Crippen LogP contribution in [0.4, 0.5) is 5.69 Å². The molecule has 1 N–H and O–H groups in total. The average molecular weight is 256 g/mol. The van der Waals surface area contributed by atoms with E-state index >= 15 is 0 Å². The number of hydrogen-bond donors (Lipinski definition) is 1. The Bertz CT molecular complexity index is 582. The third-order valence-electron chi connectivity index (χ3n) is 2.90. The van der Waals surface area contributed by atoms with Crippen LogP contribution in [-0.2, 0) is 6.54 Å². The van der Waals surface area contributed by atoms with Gasteiger partial charge in [-0.2, -0.15) is 0 Å². The topological polar surface area (TPSA) is 43.4 Å². The second-order valence-corrected chi connectivity index (χ2v) is 4.97. The van der Waals surface area contributed by atoms with Crippen molar-refractivity contribution in [3.8, 4) is 11.5 Å². The molecule has 98 valence electrons. The first-order chi connectivity index (χ1) is 9.12. The van der Waals surface area contributed by atoms with Crippen LogP contribution in [-0.4, -0.2) is 10.8 Å². The molecule has 1 aliphatic heterocycles. The first kappa shape index (κ1) is 11.8. The lowest BCUT2D eigenvalue weighted by atomic mass is 10.2. The molecule has 2 aromatic rings. The number of nitrogens with zero attached hydrogens (tertiary/aromatic N) is 1. The van der Waals surface area contributed by atoms with Crippen LogP contribution in [0.1, 0.15) is 19.4 Å². The van der Waals surface area contributed by atoms with Gasteiger partial charge in [-0.05, 0) is 29.8 Å². The fourth-order valence-electron chi connectivity index (χ4n) is 2.04. The van der Waals surface area contributed by atoms with E-state index < -0.39 is 5.79 Å². The first-order valence-corrected chi connectivity index (χ1v) is 6.27. The lowest BCUT2D eigenvalue weighted by molar-refractivity contribution is -0.0431. The largest absolute Gasteiger partial charge is 0.449 e. The molecule has 0 unspecified atom stereocenters. The molecule has 4 nitrogen and oxygen atoms in total. The minimum absolute atomic E-state index is 0.577. The molecule has 0 bridgehead atoms. The molecule has 0 saturated heterocycles. The molecule has 19 heavy (non-hydrogen) atoms. The van der Waals surface area contributed by atoms with Gasteiger partial charge >= 0.3 is 0 Å². The van der Waals surface area contributed by atoms with Crippen LogP contribution < -0.4 is 14.8 Å². The quantitative estimate of drug-likeness (QED) is 0.915. The zero-order chi connectivity index (χ0) is 13.3. The summed E-state index contributed by atoms with van der Waals surface area (Å²) in [5.41, 5.74) is 2.20. The second-order valence-electron chi connectivity index (χ2n) is 4.97. The van der Waals surface area contributed by atoms with Crippen molar-refractivity contribution >= 4 is 5.69 Å². The van der Waals surface area contributed by atoms with E-state index in [0.29, 0.717) is 0 Å². The molecule has 0 atom stereocenters. The Morgan fingerprint density at radius 2 is 1.79 bits per heavy atom. The summed E-state index contributed by atoms with van der Waals surface area (Å²) < 4.78 is 11.4. The van der Waals surface area contributed by atoms with Gasteiger partial charge in [0.25, 0.3) is 0 Å². The third-order valence-corrected chi connectivity index (χ3v) is 2.90. The van der Waals surface area contributed by atoms with Gasteiger partial charge in [0.1, 0.15) is 0 Å². The minimum atomic E-state index is -0.577. The van der Waals surface area contributed by atoms with E-state index in [0.717, 1.165) is 23.7 Å². The number of anilines is 1. The van der Waals surface area contributed by atoms with Gasteiger partial charge in [0, 0.05) is 44.5 Å². The van der Waals surface area contributed by atoms with Crippen LogP contribution in [0.2, 0.25) is 0 Å². The van der Waals surface area contributed by atoms with Gasteiger partial charge in [0.15, 0.2) is 11.5 Å². The summed E-state index contributed by atoms with van der Waals surface area (Å²) in [5.74, 6) is 0.996. The van der Waals surface area contributed by atoms with Crippen molar-refractivity contribution in [1.82, 2.24) is 4.98 Å². The van der Waals surface area contributed by atoms with E-state index in [2.05, 4.69) is 10.3 Å². The van der Waals surface area contributed by atoms with Crippen LogP contribution in [0, 0.1) is 0 Å². The van der Waals surface area contributed by atoms with Gasteiger partial charge in [-0.25, -0.2) is 0 Å². The van der Waals surface area contributed by atoms with E-state index in [4.69, 9.17) is 9.47 Å². The summed E-state index contributed by atoms with van der Waals surface area (Å²) in [6, 6.07) is 9.86. The molecule has 1 aromatic carbocycles. The molecule has 0 amide bonds. The van der Waals surface area contributed by atoms with Crippen LogP contribution in [0.3, 0.4) is 0 Å². The maximum absolute atomic E-state index is 5.71. The van der Waals surface area contributed by atoms with Gasteiger partial charge in [-0.15, -0.1) is 0 Å². The Kier molecular flexibility index (Phi) is 2.78. The number of fused-ring (bicyclic) bond motifs is 1. The molecule has 4 heteroatoms. The minimum Gasteiger partial charge on any atom is -0.449 e. The van der Waals surface area contributed by atoms with Crippen molar-refractivity contribution in [1.29, 1.82) is 0 Å². The highest BCUT2D eigenvalue weighted by atomic mass is 16.7. The standard InChI is InChI=1S/C15H16N2O2/c1-15(2)18-13-4-3-12(9-14(13)19-15)17-10-11-5-7-16-8-6-11/h3-9,17H,10H2,1-2H3. The van der Waals surface area contributed by atoms with Gasteiger partial charge < -0.3 is 14.8 Å². The summed E-state index contributed by atoms with van der Waals surface area (Å²) >= 11 is 0. The number of pyridine rings is 1. The van der Waals surface area contributed by atoms with Crippen molar-refractivity contribution in [2.75, 3.05) is 5.32 Å². The maximum atomic E-state index is 5.71. The second kappa shape index (κ2) is 4.46. The maximum Gasteiger partial charge on any atom is 0.246 e. The van der Waals surface area contributed by atoms with Gasteiger partial charge in [-0.1, -0.05) is 0 Å². The fraction of sp³-hybridized carbons (Fsp3) is 0.267. The third kappa shape index (κ3) is 2.62. The Labute approximate surface area is 112 Å². The van der Waals surface area contributed by atoms with Crippen molar-refractivity contribution in [3.05, 3.63) is 48.3 Å². The van der Waals surface area contributed by atoms with E-state index in [1.54, 1.807) is 12.4 Å². The Balaban J connectivity index is 1.71. The highest BCUT2D eigenvalue weighted by Gasteiger charge is 2.31. The Hall–Kier alpha value is -2.23. The predicted octanol–water partition coefficient (Wildman–Crippen LogP) is 3.20. The van der Waals surface area contributed by atoms with Gasteiger partial charge in [0.05, 0.1) is 0 Å². The molecule has 3 rings (SSSR count). The Morgan fingerprint density at radius 3 is 2.58 bits per heavy atom. The number of nitrogens with one attached hydrogen (secondary N) is 1. The average Bonchev–Trinajstić information content (AvgIpc) is 2.70. The molecule has 0 fully saturated rings. The predicted molar refractivity (Wildman–Crippen MR) is 73.3 cm³/mol. The van der Waals surface area contributed by atoms with Crippen LogP contribution in [0.5, 0.6) is 11.5 Å². The SMILES string of the molecule is CC1(C)Oc2ccc(NCc3ccncc3)cc2O1. The molecule has 0 radical (unpaired) electrons. The zero-order valence-electron chi connectivity index (χ0n) is 11.0. The first-order valence-electron chi connectivity index (χ1n) is 6.27. The van der Waals surface area contributed by atoms with Crippen LogP contribution in [0.25, 0.3) is 0 Å². The number of aromatic nitrogens is 1. The number of hydrogen-bond acceptors (Lipinski definition) is 4. The summed E-state index contributed by atoms with van der Waals surface area (Å²) in [6.07, 6.45) is 3.58. The van der Waals surface area contributed by atoms with Crippen LogP contribution >= 0.6 is 0 Å². The summed E-state index contributed by atoms with van der Waals surface area (Å²) in [4.78, 5) is 4.00. The number of ether oxygens (including phenoxy) is 2. The Morgan fingerprint density at radius 1 is 1.05 bits per heavy atom.